The van der Waals surface area contributed by atoms with Crippen molar-refractivity contribution in [1.29, 1.82) is 0 Å². The minimum Gasteiger partial charge on any atom is -0.296 e. The highest BCUT2D eigenvalue weighted by molar-refractivity contribution is 9.10. The fourth-order valence-electron chi connectivity index (χ4n) is 2.22. The molecule has 1 aliphatic heterocycles. The number of hydrogen-bond acceptors (Lipinski definition) is 1. The van der Waals surface area contributed by atoms with Crippen molar-refractivity contribution in [2.75, 3.05) is 13.1 Å². The van der Waals surface area contributed by atoms with E-state index >= 15 is 0 Å². The average molecular weight is 304 g/mol. The summed E-state index contributed by atoms with van der Waals surface area (Å²) >= 11 is 3.43. The summed E-state index contributed by atoms with van der Waals surface area (Å²) in [5.74, 6) is -2.46. The van der Waals surface area contributed by atoms with Crippen LogP contribution in [0.3, 0.4) is 0 Å². The molecule has 0 bridgehead atoms. The van der Waals surface area contributed by atoms with Crippen molar-refractivity contribution in [2.45, 2.75) is 31.7 Å². The third-order valence-corrected chi connectivity index (χ3v) is 3.90. The van der Waals surface area contributed by atoms with Gasteiger partial charge in [0.25, 0.3) is 5.92 Å². The number of likely N-dealkylation sites (tertiary alicyclic amines) is 1. The lowest BCUT2D eigenvalue weighted by atomic mass is 10.0. The molecule has 4 heteroatoms. The largest absolute Gasteiger partial charge is 0.296 e. The van der Waals surface area contributed by atoms with Crippen molar-refractivity contribution in [3.63, 3.8) is 0 Å². The standard InChI is InChI=1S/C13H16BrF2N/c1-10(11-3-2-4-12(14)9-11)17-7-5-13(15,16)6-8-17/h2-4,9-10H,5-8H2,1H3. The van der Waals surface area contributed by atoms with E-state index in [1.165, 1.54) is 5.56 Å². The zero-order valence-electron chi connectivity index (χ0n) is 9.80. The molecule has 0 saturated carbocycles. The van der Waals surface area contributed by atoms with Crippen LogP contribution in [0.5, 0.6) is 0 Å². The number of rotatable bonds is 2. The van der Waals surface area contributed by atoms with Crippen LogP contribution < -0.4 is 0 Å². The molecule has 1 atom stereocenters. The van der Waals surface area contributed by atoms with E-state index in [2.05, 4.69) is 33.8 Å². The molecule has 1 nitrogen and oxygen atoms in total. The molecule has 1 saturated heterocycles. The normalized spacial score (nSPS) is 22.4. The fourth-order valence-corrected chi connectivity index (χ4v) is 2.63. The number of nitrogens with zero attached hydrogens (tertiary/aromatic N) is 1. The van der Waals surface area contributed by atoms with E-state index in [1.54, 1.807) is 0 Å². The molecule has 0 aliphatic carbocycles. The zero-order chi connectivity index (χ0) is 12.5. The summed E-state index contributed by atoms with van der Waals surface area (Å²) < 4.78 is 27.2. The van der Waals surface area contributed by atoms with Crippen LogP contribution in [0.15, 0.2) is 28.7 Å². The molecule has 0 N–H and O–H groups in total. The van der Waals surface area contributed by atoms with Gasteiger partial charge in [-0.15, -0.1) is 0 Å². The Morgan fingerprint density at radius 2 is 1.94 bits per heavy atom. The van der Waals surface area contributed by atoms with Gasteiger partial charge in [-0.3, -0.25) is 4.90 Å². The molecule has 94 valence electrons. The lowest BCUT2D eigenvalue weighted by molar-refractivity contribution is -0.0620. The number of alkyl halides is 2. The topological polar surface area (TPSA) is 3.24 Å². The van der Waals surface area contributed by atoms with Crippen LogP contribution in [0, 0.1) is 0 Å². The maximum absolute atomic E-state index is 13.1. The van der Waals surface area contributed by atoms with Crippen molar-refractivity contribution in [3.05, 3.63) is 34.3 Å². The second kappa shape index (κ2) is 5.02. The SMILES string of the molecule is CC(c1cccc(Br)c1)N1CCC(F)(F)CC1. The van der Waals surface area contributed by atoms with Gasteiger partial charge < -0.3 is 0 Å². The van der Waals surface area contributed by atoms with E-state index in [-0.39, 0.29) is 18.9 Å². The predicted molar refractivity (Wildman–Crippen MR) is 68.3 cm³/mol. The van der Waals surface area contributed by atoms with Crippen LogP contribution in [-0.4, -0.2) is 23.9 Å². The Kier molecular flexibility index (Phi) is 3.83. The molecule has 1 fully saturated rings. The molecule has 1 aliphatic rings. The molecule has 17 heavy (non-hydrogen) atoms. The second-order valence-corrected chi connectivity index (χ2v) is 5.54. The first kappa shape index (κ1) is 13.0. The van der Waals surface area contributed by atoms with E-state index in [9.17, 15) is 8.78 Å². The van der Waals surface area contributed by atoms with Gasteiger partial charge in [-0.05, 0) is 24.6 Å². The summed E-state index contributed by atoms with van der Waals surface area (Å²) in [6.45, 7) is 3.02. The lowest BCUT2D eigenvalue weighted by Gasteiger charge is -2.36. The van der Waals surface area contributed by atoms with E-state index in [0.29, 0.717) is 13.1 Å². The van der Waals surface area contributed by atoms with Gasteiger partial charge in [-0.25, -0.2) is 8.78 Å². The van der Waals surface area contributed by atoms with Gasteiger partial charge in [0.2, 0.25) is 0 Å². The van der Waals surface area contributed by atoms with E-state index in [1.807, 2.05) is 18.2 Å². The van der Waals surface area contributed by atoms with E-state index in [4.69, 9.17) is 0 Å². The van der Waals surface area contributed by atoms with Crippen molar-refractivity contribution >= 4 is 15.9 Å². The predicted octanol–water partition coefficient (Wildman–Crippen LogP) is 4.24. The molecule has 2 rings (SSSR count). The fraction of sp³-hybridized carbons (Fsp3) is 0.538. The Morgan fingerprint density at radius 3 is 2.53 bits per heavy atom. The first-order valence-electron chi connectivity index (χ1n) is 5.85. The quantitative estimate of drug-likeness (QED) is 0.790. The molecular weight excluding hydrogens is 288 g/mol. The van der Waals surface area contributed by atoms with Gasteiger partial charge in [0.1, 0.15) is 0 Å². The Bertz CT molecular complexity index is 385. The summed E-state index contributed by atoms with van der Waals surface area (Å²) in [5.41, 5.74) is 1.17. The van der Waals surface area contributed by atoms with Crippen molar-refractivity contribution in [3.8, 4) is 0 Å². The minimum absolute atomic E-state index is 0.0225. The highest BCUT2D eigenvalue weighted by Crippen LogP contribution is 2.32. The van der Waals surface area contributed by atoms with Gasteiger partial charge in [-0.2, -0.15) is 0 Å². The van der Waals surface area contributed by atoms with Gasteiger partial charge >= 0.3 is 0 Å². The Labute approximate surface area is 109 Å². The molecular formula is C13H16BrF2N. The van der Waals surface area contributed by atoms with Gasteiger partial charge in [0.05, 0.1) is 0 Å². The van der Waals surface area contributed by atoms with Crippen molar-refractivity contribution in [2.24, 2.45) is 0 Å². The van der Waals surface area contributed by atoms with Crippen molar-refractivity contribution in [1.82, 2.24) is 4.90 Å². The Morgan fingerprint density at radius 1 is 1.29 bits per heavy atom. The smallest absolute Gasteiger partial charge is 0.250 e. The Balaban J connectivity index is 2.04. The average Bonchev–Trinajstić information content (AvgIpc) is 2.28. The lowest BCUT2D eigenvalue weighted by Crippen LogP contribution is -2.40. The molecule has 1 heterocycles. The Hall–Kier alpha value is -0.480. The number of halogens is 3. The monoisotopic (exact) mass is 303 g/mol. The van der Waals surface area contributed by atoms with Gasteiger partial charge in [-0.1, -0.05) is 28.1 Å². The van der Waals surface area contributed by atoms with Crippen molar-refractivity contribution < 1.29 is 8.78 Å². The maximum atomic E-state index is 13.1. The number of benzene rings is 1. The molecule has 1 aromatic rings. The molecule has 1 unspecified atom stereocenters. The molecule has 0 radical (unpaired) electrons. The van der Waals surface area contributed by atoms with Gasteiger partial charge in [0, 0.05) is 36.4 Å². The molecule has 0 spiro atoms. The van der Waals surface area contributed by atoms with Crippen LogP contribution in [0.4, 0.5) is 8.78 Å². The number of piperidine rings is 1. The molecule has 1 aromatic carbocycles. The maximum Gasteiger partial charge on any atom is 0.250 e. The number of hydrogen-bond donors (Lipinski definition) is 0. The first-order valence-corrected chi connectivity index (χ1v) is 6.65. The van der Waals surface area contributed by atoms with Crippen LogP contribution in [-0.2, 0) is 0 Å². The van der Waals surface area contributed by atoms with E-state index < -0.39 is 5.92 Å². The van der Waals surface area contributed by atoms with Crippen LogP contribution in [0.1, 0.15) is 31.4 Å². The summed E-state index contributed by atoms with van der Waals surface area (Å²) in [6, 6.07) is 8.25. The third kappa shape index (κ3) is 3.26. The third-order valence-electron chi connectivity index (χ3n) is 3.41. The highest BCUT2D eigenvalue weighted by atomic mass is 79.9. The highest BCUT2D eigenvalue weighted by Gasteiger charge is 2.35. The summed E-state index contributed by atoms with van der Waals surface area (Å²) in [6.07, 6.45) is -0.0450. The second-order valence-electron chi connectivity index (χ2n) is 4.62. The van der Waals surface area contributed by atoms with Crippen LogP contribution in [0.25, 0.3) is 0 Å². The molecule has 0 aromatic heterocycles. The van der Waals surface area contributed by atoms with Gasteiger partial charge in [0.15, 0.2) is 0 Å². The zero-order valence-corrected chi connectivity index (χ0v) is 11.4. The first-order chi connectivity index (χ1) is 7.98. The summed E-state index contributed by atoms with van der Waals surface area (Å²) in [5, 5.41) is 0. The van der Waals surface area contributed by atoms with Crippen LogP contribution >= 0.6 is 15.9 Å². The summed E-state index contributed by atoms with van der Waals surface area (Å²) in [7, 11) is 0. The minimum atomic E-state index is -2.46. The molecule has 0 amide bonds. The van der Waals surface area contributed by atoms with Crippen LogP contribution in [0.2, 0.25) is 0 Å². The summed E-state index contributed by atoms with van der Waals surface area (Å²) in [4.78, 5) is 2.12. The van der Waals surface area contributed by atoms with E-state index in [0.717, 1.165) is 4.47 Å².